The Balaban J connectivity index is 1.64. The Morgan fingerprint density at radius 2 is 1.57 bits per heavy atom. The third-order valence-corrected chi connectivity index (χ3v) is 6.89. The minimum Gasteiger partial charge on any atom is -0.481 e. The number of benzene rings is 4. The lowest BCUT2D eigenvalue weighted by molar-refractivity contribution is -0.136. The van der Waals surface area contributed by atoms with Crippen LogP contribution in [0.2, 0.25) is 0 Å². The van der Waals surface area contributed by atoms with Gasteiger partial charge in [-0.3, -0.25) is 20.4 Å². The predicted molar refractivity (Wildman–Crippen MR) is 156 cm³/mol. The summed E-state index contributed by atoms with van der Waals surface area (Å²) in [7, 11) is 0. The van der Waals surface area contributed by atoms with E-state index in [0.717, 1.165) is 21.7 Å². The van der Waals surface area contributed by atoms with Crippen molar-refractivity contribution in [2.75, 3.05) is 0 Å². The third kappa shape index (κ3) is 5.12. The molecule has 0 aliphatic carbocycles. The van der Waals surface area contributed by atoms with E-state index in [4.69, 9.17) is 27.0 Å². The number of hydrogen-bond donors (Lipinski definition) is 5. The van der Waals surface area contributed by atoms with Gasteiger partial charge in [-0.05, 0) is 65.2 Å². The van der Waals surface area contributed by atoms with E-state index in [-0.39, 0.29) is 29.3 Å². The zero-order valence-electron chi connectivity index (χ0n) is 21.7. The van der Waals surface area contributed by atoms with Gasteiger partial charge < -0.3 is 25.9 Å². The number of nitrogens with zero attached hydrogens (tertiary/aromatic N) is 1. The number of fused-ring (bicyclic) bond motifs is 2. The van der Waals surface area contributed by atoms with Gasteiger partial charge in [-0.25, -0.2) is 0 Å². The molecule has 0 saturated heterocycles. The topological polar surface area (TPSA) is 168 Å². The number of nitrogen functional groups attached to an aromatic ring is 2. The quantitative estimate of drug-likeness (QED) is 0.145. The minimum absolute atomic E-state index is 0.0345. The summed E-state index contributed by atoms with van der Waals surface area (Å²) in [6.07, 6.45) is -0.392. The first-order valence-electron chi connectivity index (χ1n) is 12.5. The molecule has 7 N–H and O–H groups in total. The average Bonchev–Trinajstić information content (AvgIpc) is 2.93. The van der Waals surface area contributed by atoms with Crippen molar-refractivity contribution in [1.29, 1.82) is 10.8 Å². The van der Waals surface area contributed by atoms with Crippen LogP contribution in [0, 0.1) is 17.7 Å². The van der Waals surface area contributed by atoms with E-state index in [1.54, 1.807) is 54.0 Å². The SMILES string of the molecule is Cc1c(CC(=O)O)c(=O)n(Cc2ccc3ccc(C(=N)N)cc3c2)c2cc(Oc3cccc(C(=N)N)c3)ccc12. The van der Waals surface area contributed by atoms with E-state index < -0.39 is 12.4 Å². The van der Waals surface area contributed by atoms with Crippen LogP contribution in [0.5, 0.6) is 11.5 Å². The molecular weight excluding hydrogens is 506 g/mol. The van der Waals surface area contributed by atoms with E-state index >= 15 is 0 Å². The molecule has 1 aromatic heterocycles. The number of aliphatic carboxylic acids is 1. The van der Waals surface area contributed by atoms with Crippen LogP contribution in [0.4, 0.5) is 0 Å². The second-order valence-corrected chi connectivity index (χ2v) is 9.60. The summed E-state index contributed by atoms with van der Waals surface area (Å²) in [6, 6.07) is 23.5. The molecule has 0 unspecified atom stereocenters. The Labute approximate surface area is 229 Å². The number of rotatable bonds is 8. The van der Waals surface area contributed by atoms with E-state index in [1.165, 1.54) is 0 Å². The Bertz CT molecular complexity index is 1910. The summed E-state index contributed by atoms with van der Waals surface area (Å²) in [5, 5.41) is 27.5. The monoisotopic (exact) mass is 533 g/mol. The van der Waals surface area contributed by atoms with Gasteiger partial charge in [-0.2, -0.15) is 0 Å². The number of carboxylic acid groups (broad SMARTS) is 1. The molecule has 4 aromatic carbocycles. The Morgan fingerprint density at radius 3 is 2.30 bits per heavy atom. The number of hydrogen-bond acceptors (Lipinski definition) is 5. The molecule has 0 fully saturated rings. The first-order chi connectivity index (χ1) is 19.1. The summed E-state index contributed by atoms with van der Waals surface area (Å²) < 4.78 is 7.62. The fourth-order valence-corrected chi connectivity index (χ4v) is 4.83. The molecule has 5 rings (SSSR count). The molecule has 0 spiro atoms. The van der Waals surface area contributed by atoms with Crippen molar-refractivity contribution in [3.8, 4) is 11.5 Å². The van der Waals surface area contributed by atoms with Crippen molar-refractivity contribution in [2.45, 2.75) is 19.9 Å². The van der Waals surface area contributed by atoms with Gasteiger partial charge in [0.15, 0.2) is 0 Å². The predicted octanol–water partition coefficient (Wildman–Crippen LogP) is 4.50. The van der Waals surface area contributed by atoms with Crippen LogP contribution in [0.15, 0.2) is 83.7 Å². The molecule has 9 nitrogen and oxygen atoms in total. The largest absolute Gasteiger partial charge is 0.481 e. The molecule has 200 valence electrons. The summed E-state index contributed by atoms with van der Waals surface area (Å²) >= 11 is 0. The molecule has 1 heterocycles. The fourth-order valence-electron chi connectivity index (χ4n) is 4.83. The highest BCUT2D eigenvalue weighted by atomic mass is 16.5. The summed E-state index contributed by atoms with van der Waals surface area (Å²) in [5.74, 6) is -0.246. The highest BCUT2D eigenvalue weighted by Crippen LogP contribution is 2.29. The molecule has 40 heavy (non-hydrogen) atoms. The van der Waals surface area contributed by atoms with Gasteiger partial charge >= 0.3 is 5.97 Å². The van der Waals surface area contributed by atoms with Crippen molar-refractivity contribution in [3.05, 3.63) is 117 Å². The molecule has 0 aliphatic rings. The smallest absolute Gasteiger partial charge is 0.308 e. The van der Waals surface area contributed by atoms with Crippen molar-refractivity contribution < 1.29 is 14.6 Å². The molecule has 0 amide bonds. The number of nitrogens with one attached hydrogen (secondary N) is 2. The van der Waals surface area contributed by atoms with Gasteiger partial charge in [0.05, 0.1) is 18.5 Å². The van der Waals surface area contributed by atoms with Crippen LogP contribution in [-0.4, -0.2) is 27.3 Å². The third-order valence-electron chi connectivity index (χ3n) is 6.89. The molecule has 9 heteroatoms. The summed E-state index contributed by atoms with van der Waals surface area (Å²) in [5.41, 5.74) is 14.3. The van der Waals surface area contributed by atoms with Crippen LogP contribution < -0.4 is 21.8 Å². The number of aromatic nitrogens is 1. The van der Waals surface area contributed by atoms with Gasteiger partial charge in [0.1, 0.15) is 23.2 Å². The number of carboxylic acids is 1. The van der Waals surface area contributed by atoms with Gasteiger partial charge in [0.25, 0.3) is 5.56 Å². The van der Waals surface area contributed by atoms with Crippen molar-refractivity contribution in [1.82, 2.24) is 4.57 Å². The average molecular weight is 534 g/mol. The zero-order valence-corrected chi connectivity index (χ0v) is 21.7. The van der Waals surface area contributed by atoms with E-state index in [2.05, 4.69) is 0 Å². The summed E-state index contributed by atoms with van der Waals surface area (Å²) in [4.78, 5) is 25.3. The van der Waals surface area contributed by atoms with E-state index in [0.29, 0.717) is 33.7 Å². The highest BCUT2D eigenvalue weighted by molar-refractivity contribution is 5.99. The maximum absolute atomic E-state index is 13.7. The van der Waals surface area contributed by atoms with Crippen LogP contribution in [0.25, 0.3) is 21.7 Å². The molecule has 0 aliphatic heterocycles. The van der Waals surface area contributed by atoms with Crippen LogP contribution in [0.3, 0.4) is 0 Å². The van der Waals surface area contributed by atoms with Crippen molar-refractivity contribution in [3.63, 3.8) is 0 Å². The maximum Gasteiger partial charge on any atom is 0.308 e. The van der Waals surface area contributed by atoms with Crippen LogP contribution in [0.1, 0.15) is 27.8 Å². The lowest BCUT2D eigenvalue weighted by atomic mass is 10.0. The standard InChI is InChI=1S/C31H27N5O4/c1-17-25-10-9-24(40-23-4-2-3-20(13-23)29(32)33)14-27(25)36(31(39)26(17)15-28(37)38)16-18-5-6-19-7-8-21(30(34)35)12-22(19)11-18/h2-14H,15-16H2,1H3,(H3,32,33)(H3,34,35)(H,37,38). The first kappa shape index (κ1) is 26.2. The van der Waals surface area contributed by atoms with E-state index in [9.17, 15) is 14.7 Å². The zero-order chi connectivity index (χ0) is 28.6. The lowest BCUT2D eigenvalue weighted by Gasteiger charge is -2.17. The number of ether oxygens (including phenoxy) is 1. The highest BCUT2D eigenvalue weighted by Gasteiger charge is 2.18. The molecule has 0 saturated carbocycles. The Kier molecular flexibility index (Phi) is 6.79. The Hall–Kier alpha value is -5.44. The van der Waals surface area contributed by atoms with Gasteiger partial charge in [0.2, 0.25) is 0 Å². The first-order valence-corrected chi connectivity index (χ1v) is 12.5. The number of carbonyl (C=O) groups is 1. The molecular formula is C31H27N5O4. The number of amidine groups is 2. The van der Waals surface area contributed by atoms with Crippen LogP contribution in [-0.2, 0) is 17.8 Å². The number of nitrogens with two attached hydrogens (primary N) is 2. The number of aryl methyl sites for hydroxylation is 1. The van der Waals surface area contributed by atoms with Crippen molar-refractivity contribution in [2.24, 2.45) is 11.5 Å². The molecule has 5 aromatic rings. The van der Waals surface area contributed by atoms with Gasteiger partial charge in [-0.15, -0.1) is 0 Å². The maximum atomic E-state index is 13.7. The molecule has 0 atom stereocenters. The lowest BCUT2D eigenvalue weighted by Crippen LogP contribution is -2.27. The van der Waals surface area contributed by atoms with Gasteiger partial charge in [0, 0.05) is 28.1 Å². The summed E-state index contributed by atoms with van der Waals surface area (Å²) in [6.45, 7) is 1.94. The fraction of sp³-hybridized carbons (Fsp3) is 0.0968. The molecule has 0 radical (unpaired) electrons. The minimum atomic E-state index is -1.08. The normalized spacial score (nSPS) is 11.0. The van der Waals surface area contributed by atoms with Gasteiger partial charge in [-0.1, -0.05) is 36.4 Å². The Morgan fingerprint density at radius 1 is 0.875 bits per heavy atom. The van der Waals surface area contributed by atoms with Crippen molar-refractivity contribution >= 4 is 39.3 Å². The second-order valence-electron chi connectivity index (χ2n) is 9.60. The van der Waals surface area contributed by atoms with E-state index in [1.807, 2.05) is 36.4 Å². The van der Waals surface area contributed by atoms with Crippen LogP contribution >= 0.6 is 0 Å². The second kappa shape index (κ2) is 10.4. The number of pyridine rings is 1. The molecule has 0 bridgehead atoms.